The van der Waals surface area contributed by atoms with Crippen molar-refractivity contribution in [3.63, 3.8) is 0 Å². The molecule has 0 aromatic heterocycles. The first kappa shape index (κ1) is 23.9. The second-order valence-corrected chi connectivity index (χ2v) is 6.36. The van der Waals surface area contributed by atoms with Crippen LogP contribution in [0.25, 0.3) is 0 Å². The van der Waals surface area contributed by atoms with Crippen LogP contribution >= 0.6 is 24.0 Å². The number of carbonyl (C=O) groups excluding carboxylic acids is 1. The van der Waals surface area contributed by atoms with Crippen LogP contribution in [0.1, 0.15) is 36.5 Å². The van der Waals surface area contributed by atoms with E-state index in [1.807, 2.05) is 37.3 Å². The van der Waals surface area contributed by atoms with Crippen molar-refractivity contribution in [1.82, 2.24) is 10.6 Å². The maximum Gasteiger partial charge on any atom is 0.224 e. The molecule has 1 amide bonds. The van der Waals surface area contributed by atoms with Gasteiger partial charge in [0.1, 0.15) is 5.82 Å². The van der Waals surface area contributed by atoms with Crippen molar-refractivity contribution in [3.05, 3.63) is 65.0 Å². The number of nitrogens with one attached hydrogen (secondary N) is 3. The van der Waals surface area contributed by atoms with E-state index in [1.54, 1.807) is 20.0 Å². The molecule has 0 saturated heterocycles. The first-order valence-corrected chi connectivity index (χ1v) is 9.10. The minimum absolute atomic E-state index is 0. The van der Waals surface area contributed by atoms with Crippen LogP contribution < -0.4 is 16.0 Å². The number of halogens is 2. The first-order chi connectivity index (χ1) is 13.0. The van der Waals surface area contributed by atoms with Crippen LogP contribution in [0.4, 0.5) is 10.1 Å². The number of hydrogen-bond acceptors (Lipinski definition) is 2. The molecule has 0 spiro atoms. The van der Waals surface area contributed by atoms with Crippen LogP contribution in [0, 0.1) is 12.7 Å². The van der Waals surface area contributed by atoms with Crippen LogP contribution in [-0.4, -0.2) is 18.9 Å². The number of aliphatic imine (C=N–C) groups is 1. The Morgan fingerprint density at radius 1 is 1.07 bits per heavy atom. The average Bonchev–Trinajstić information content (AvgIpc) is 2.65. The molecule has 152 valence electrons. The topological polar surface area (TPSA) is 65.5 Å². The maximum atomic E-state index is 13.3. The summed E-state index contributed by atoms with van der Waals surface area (Å²) < 4.78 is 13.3. The molecule has 0 aliphatic carbocycles. The maximum absolute atomic E-state index is 13.3. The number of rotatable bonds is 7. The van der Waals surface area contributed by atoms with Gasteiger partial charge in [0.25, 0.3) is 0 Å². The second kappa shape index (κ2) is 12.3. The Kier molecular flexibility index (Phi) is 10.5. The van der Waals surface area contributed by atoms with Crippen LogP contribution in [0.15, 0.2) is 47.5 Å². The molecule has 2 rings (SSSR count). The zero-order chi connectivity index (χ0) is 19.6. The Hall–Kier alpha value is -2.16. The van der Waals surface area contributed by atoms with E-state index in [-0.39, 0.29) is 35.7 Å². The molecule has 2 aromatic carbocycles. The third kappa shape index (κ3) is 7.84. The number of aryl methyl sites for hydroxylation is 1. The van der Waals surface area contributed by atoms with Crippen molar-refractivity contribution >= 4 is 41.5 Å². The number of anilines is 1. The zero-order valence-electron chi connectivity index (χ0n) is 16.5. The van der Waals surface area contributed by atoms with Crippen molar-refractivity contribution in [2.75, 3.05) is 12.4 Å². The van der Waals surface area contributed by atoms with Crippen molar-refractivity contribution in [1.29, 1.82) is 0 Å². The Balaban J connectivity index is 0.00000392. The molecule has 7 heteroatoms. The summed E-state index contributed by atoms with van der Waals surface area (Å²) in [7, 11) is 1.70. The lowest BCUT2D eigenvalue weighted by atomic mass is 10.1. The average molecular weight is 498 g/mol. The molecular formula is C21H28FIN4O. The highest BCUT2D eigenvalue weighted by Crippen LogP contribution is 2.11. The quantitative estimate of drug-likeness (QED) is 0.302. The van der Waals surface area contributed by atoms with Gasteiger partial charge in [0.05, 0.1) is 0 Å². The number of hydrogen-bond donors (Lipinski definition) is 3. The molecule has 0 radical (unpaired) electrons. The summed E-state index contributed by atoms with van der Waals surface area (Å²) in [5.74, 6) is 0.472. The summed E-state index contributed by atoms with van der Waals surface area (Å²) in [6, 6.07) is 12.8. The van der Waals surface area contributed by atoms with E-state index in [1.165, 1.54) is 6.07 Å². The highest BCUT2D eigenvalue weighted by molar-refractivity contribution is 14.0. The van der Waals surface area contributed by atoms with Gasteiger partial charge < -0.3 is 16.0 Å². The fourth-order valence-electron chi connectivity index (χ4n) is 2.62. The molecule has 0 saturated carbocycles. The van der Waals surface area contributed by atoms with Gasteiger partial charge in [-0.1, -0.05) is 31.2 Å². The van der Waals surface area contributed by atoms with Gasteiger partial charge in [0, 0.05) is 32.2 Å². The van der Waals surface area contributed by atoms with Gasteiger partial charge in [-0.25, -0.2) is 4.39 Å². The summed E-state index contributed by atoms with van der Waals surface area (Å²) in [6.45, 7) is 4.84. The van der Waals surface area contributed by atoms with Gasteiger partial charge in [0.15, 0.2) is 5.96 Å². The Morgan fingerprint density at radius 2 is 1.75 bits per heavy atom. The largest absolute Gasteiger partial charge is 0.352 e. The third-order valence-electron chi connectivity index (χ3n) is 4.05. The molecule has 0 atom stereocenters. The fourth-order valence-corrected chi connectivity index (χ4v) is 2.62. The standard InChI is InChI=1S/C21H27FN4O.HI/c1-4-6-20(27)26-18-8-5-7-16(12-18)13-24-21(23-3)25-14-17-9-10-19(22)15(2)11-17;/h5,7-12H,4,6,13-14H2,1-3H3,(H,26,27)(H2,23,24,25);1H. The Labute approximate surface area is 183 Å². The zero-order valence-corrected chi connectivity index (χ0v) is 18.8. The van der Waals surface area contributed by atoms with Crippen LogP contribution in [0.3, 0.4) is 0 Å². The summed E-state index contributed by atoms with van der Waals surface area (Å²) in [6.07, 6.45) is 1.34. The van der Waals surface area contributed by atoms with E-state index in [9.17, 15) is 9.18 Å². The Morgan fingerprint density at radius 3 is 2.36 bits per heavy atom. The molecule has 2 aromatic rings. The first-order valence-electron chi connectivity index (χ1n) is 9.10. The molecule has 28 heavy (non-hydrogen) atoms. The van der Waals surface area contributed by atoms with Crippen molar-refractivity contribution in [2.24, 2.45) is 4.99 Å². The van der Waals surface area contributed by atoms with Crippen LogP contribution in [-0.2, 0) is 17.9 Å². The predicted molar refractivity (Wildman–Crippen MR) is 124 cm³/mol. The van der Waals surface area contributed by atoms with Gasteiger partial charge in [-0.2, -0.15) is 0 Å². The molecule has 5 nitrogen and oxygen atoms in total. The number of carbonyl (C=O) groups is 1. The van der Waals surface area contributed by atoms with Crippen LogP contribution in [0.5, 0.6) is 0 Å². The van der Waals surface area contributed by atoms with Gasteiger partial charge in [-0.15, -0.1) is 24.0 Å². The number of nitrogens with zero attached hydrogens (tertiary/aromatic N) is 1. The highest BCUT2D eigenvalue weighted by Gasteiger charge is 2.04. The highest BCUT2D eigenvalue weighted by atomic mass is 127. The van der Waals surface area contributed by atoms with Crippen LogP contribution in [0.2, 0.25) is 0 Å². The van der Waals surface area contributed by atoms with Crippen molar-refractivity contribution in [2.45, 2.75) is 39.8 Å². The van der Waals surface area contributed by atoms with Gasteiger partial charge in [0.2, 0.25) is 5.91 Å². The molecule has 0 fully saturated rings. The fraction of sp³-hybridized carbons (Fsp3) is 0.333. The van der Waals surface area contributed by atoms with Gasteiger partial charge >= 0.3 is 0 Å². The number of benzene rings is 2. The molecule has 0 bridgehead atoms. The van der Waals surface area contributed by atoms with Crippen molar-refractivity contribution in [3.8, 4) is 0 Å². The summed E-state index contributed by atoms with van der Waals surface area (Å²) in [4.78, 5) is 15.9. The molecule has 0 aliphatic rings. The number of amides is 1. The van der Waals surface area contributed by atoms with E-state index in [4.69, 9.17) is 0 Å². The molecule has 3 N–H and O–H groups in total. The Bertz CT molecular complexity index is 811. The molecule has 0 unspecified atom stereocenters. The lowest BCUT2D eigenvalue weighted by molar-refractivity contribution is -0.116. The van der Waals surface area contributed by atoms with E-state index in [2.05, 4.69) is 20.9 Å². The molecule has 0 aliphatic heterocycles. The third-order valence-corrected chi connectivity index (χ3v) is 4.05. The predicted octanol–water partition coefficient (Wildman–Crippen LogP) is 4.36. The SMILES string of the molecule is CCCC(=O)Nc1cccc(CNC(=NC)NCc2ccc(F)c(C)c2)c1.I. The smallest absolute Gasteiger partial charge is 0.224 e. The summed E-state index contributed by atoms with van der Waals surface area (Å²) in [5, 5.41) is 9.35. The number of guanidine groups is 1. The lowest BCUT2D eigenvalue weighted by Gasteiger charge is -2.13. The van der Waals surface area contributed by atoms with E-state index < -0.39 is 0 Å². The van der Waals surface area contributed by atoms with E-state index >= 15 is 0 Å². The monoisotopic (exact) mass is 498 g/mol. The minimum Gasteiger partial charge on any atom is -0.352 e. The summed E-state index contributed by atoms with van der Waals surface area (Å²) in [5.41, 5.74) is 3.43. The molecular weight excluding hydrogens is 470 g/mol. The second-order valence-electron chi connectivity index (χ2n) is 6.36. The molecule has 0 heterocycles. The minimum atomic E-state index is -0.202. The van der Waals surface area contributed by atoms with E-state index in [0.717, 1.165) is 23.2 Å². The summed E-state index contributed by atoms with van der Waals surface area (Å²) >= 11 is 0. The van der Waals surface area contributed by atoms with E-state index in [0.29, 0.717) is 31.0 Å². The van der Waals surface area contributed by atoms with Crippen molar-refractivity contribution < 1.29 is 9.18 Å². The van der Waals surface area contributed by atoms with Gasteiger partial charge in [-0.3, -0.25) is 9.79 Å². The lowest BCUT2D eigenvalue weighted by Crippen LogP contribution is -2.36. The van der Waals surface area contributed by atoms with Gasteiger partial charge in [-0.05, 0) is 48.2 Å². The normalized spacial score (nSPS) is 10.8.